The summed E-state index contributed by atoms with van der Waals surface area (Å²) in [5.74, 6) is 0.312. The minimum atomic E-state index is -0.305. The third kappa shape index (κ3) is 1.87. The van der Waals surface area contributed by atoms with E-state index in [1.54, 1.807) is 0 Å². The zero-order valence-corrected chi connectivity index (χ0v) is 7.83. The van der Waals surface area contributed by atoms with Crippen LogP contribution in [0.1, 0.15) is 26.7 Å². The average Bonchev–Trinajstić information content (AvgIpc) is 1.96. The van der Waals surface area contributed by atoms with Crippen LogP contribution in [0.25, 0.3) is 0 Å². The summed E-state index contributed by atoms with van der Waals surface area (Å²) >= 11 is 0. The quantitative estimate of drug-likeness (QED) is 0.583. The average molecular weight is 170 g/mol. The van der Waals surface area contributed by atoms with Crippen LogP contribution in [0.4, 0.5) is 0 Å². The summed E-state index contributed by atoms with van der Waals surface area (Å²) < 4.78 is 0. The van der Waals surface area contributed by atoms with Crippen LogP contribution in [0.5, 0.6) is 0 Å². The van der Waals surface area contributed by atoms with Crippen LogP contribution in [0.15, 0.2) is 12.2 Å². The van der Waals surface area contributed by atoms with Crippen LogP contribution in [0.3, 0.4) is 0 Å². The first-order valence-corrected chi connectivity index (χ1v) is 4.54. The standard InChI is InChI=1S/C10H18O2/c1-6(2)8-5-9(11)7(3)4-10(8)12/h7-12H,1,4-5H2,2-3H3. The van der Waals surface area contributed by atoms with Gasteiger partial charge in [-0.15, -0.1) is 0 Å². The van der Waals surface area contributed by atoms with E-state index in [0.29, 0.717) is 12.8 Å². The summed E-state index contributed by atoms with van der Waals surface area (Å²) in [5, 5.41) is 19.2. The molecule has 1 aliphatic carbocycles. The van der Waals surface area contributed by atoms with E-state index in [1.807, 2.05) is 13.8 Å². The van der Waals surface area contributed by atoms with E-state index in [9.17, 15) is 10.2 Å². The highest BCUT2D eigenvalue weighted by Crippen LogP contribution is 2.32. The van der Waals surface area contributed by atoms with Crippen molar-refractivity contribution in [2.24, 2.45) is 11.8 Å². The summed E-state index contributed by atoms with van der Waals surface area (Å²) in [6.45, 7) is 7.71. The van der Waals surface area contributed by atoms with Gasteiger partial charge in [-0.3, -0.25) is 0 Å². The molecule has 0 radical (unpaired) electrons. The van der Waals surface area contributed by atoms with Crippen LogP contribution in [0.2, 0.25) is 0 Å². The van der Waals surface area contributed by atoms with Gasteiger partial charge in [0.15, 0.2) is 0 Å². The first-order chi connectivity index (χ1) is 5.52. The Hall–Kier alpha value is -0.340. The maximum Gasteiger partial charge on any atom is 0.0609 e. The molecule has 0 spiro atoms. The molecule has 0 aromatic carbocycles. The molecule has 1 rings (SSSR count). The van der Waals surface area contributed by atoms with Gasteiger partial charge in [0, 0.05) is 5.92 Å². The highest BCUT2D eigenvalue weighted by Gasteiger charge is 2.32. The second-order valence-electron chi connectivity index (χ2n) is 4.04. The smallest absolute Gasteiger partial charge is 0.0609 e. The molecule has 0 amide bonds. The number of rotatable bonds is 1. The number of hydrogen-bond donors (Lipinski definition) is 2. The molecule has 12 heavy (non-hydrogen) atoms. The largest absolute Gasteiger partial charge is 0.393 e. The summed E-state index contributed by atoms with van der Waals surface area (Å²) in [5.41, 5.74) is 0.980. The second kappa shape index (κ2) is 3.58. The van der Waals surface area contributed by atoms with Crippen molar-refractivity contribution >= 4 is 0 Å². The van der Waals surface area contributed by atoms with Gasteiger partial charge in [0.2, 0.25) is 0 Å². The third-order valence-corrected chi connectivity index (χ3v) is 2.86. The number of hydrogen-bond acceptors (Lipinski definition) is 2. The highest BCUT2D eigenvalue weighted by molar-refractivity contribution is 5.03. The van der Waals surface area contributed by atoms with Crippen molar-refractivity contribution in [1.29, 1.82) is 0 Å². The van der Waals surface area contributed by atoms with Gasteiger partial charge in [-0.1, -0.05) is 19.1 Å². The minimum Gasteiger partial charge on any atom is -0.393 e. The van der Waals surface area contributed by atoms with Crippen LogP contribution < -0.4 is 0 Å². The predicted octanol–water partition coefficient (Wildman–Crippen LogP) is 1.33. The van der Waals surface area contributed by atoms with E-state index in [2.05, 4.69) is 6.58 Å². The number of aliphatic hydroxyl groups excluding tert-OH is 2. The zero-order chi connectivity index (χ0) is 9.30. The molecule has 4 unspecified atom stereocenters. The van der Waals surface area contributed by atoms with Gasteiger partial charge in [-0.2, -0.15) is 0 Å². The van der Waals surface area contributed by atoms with Crippen LogP contribution >= 0.6 is 0 Å². The lowest BCUT2D eigenvalue weighted by Crippen LogP contribution is -2.37. The topological polar surface area (TPSA) is 40.5 Å². The van der Waals surface area contributed by atoms with Crippen molar-refractivity contribution in [3.63, 3.8) is 0 Å². The molecular formula is C10H18O2. The SMILES string of the molecule is C=C(C)C1CC(O)C(C)CC1O. The molecule has 0 heterocycles. The molecule has 0 aliphatic heterocycles. The molecule has 0 saturated heterocycles. The summed E-state index contributed by atoms with van der Waals surface area (Å²) in [4.78, 5) is 0. The van der Waals surface area contributed by atoms with Crippen LogP contribution in [0, 0.1) is 11.8 Å². The van der Waals surface area contributed by atoms with E-state index < -0.39 is 0 Å². The van der Waals surface area contributed by atoms with Gasteiger partial charge < -0.3 is 10.2 Å². The molecule has 0 aromatic rings. The Morgan fingerprint density at radius 3 is 2.33 bits per heavy atom. The minimum absolute atomic E-state index is 0.0937. The van der Waals surface area contributed by atoms with Gasteiger partial charge in [0.05, 0.1) is 12.2 Å². The molecule has 0 aromatic heterocycles. The summed E-state index contributed by atoms with van der Waals surface area (Å²) in [6.07, 6.45) is 0.784. The first-order valence-electron chi connectivity index (χ1n) is 4.54. The summed E-state index contributed by atoms with van der Waals surface area (Å²) in [6, 6.07) is 0. The normalized spacial score (nSPS) is 42.7. The van der Waals surface area contributed by atoms with Gasteiger partial charge in [-0.05, 0) is 25.7 Å². The number of aliphatic hydroxyl groups is 2. The summed E-state index contributed by atoms with van der Waals surface area (Å²) in [7, 11) is 0. The lowest BCUT2D eigenvalue weighted by molar-refractivity contribution is -0.0147. The van der Waals surface area contributed by atoms with Crippen molar-refractivity contribution in [1.82, 2.24) is 0 Å². The maximum atomic E-state index is 9.66. The molecular weight excluding hydrogens is 152 g/mol. The molecule has 1 saturated carbocycles. The van der Waals surface area contributed by atoms with Crippen molar-refractivity contribution < 1.29 is 10.2 Å². The molecule has 2 N–H and O–H groups in total. The fraction of sp³-hybridized carbons (Fsp3) is 0.800. The lowest BCUT2D eigenvalue weighted by atomic mass is 9.76. The van der Waals surface area contributed by atoms with Gasteiger partial charge in [0.25, 0.3) is 0 Å². The monoisotopic (exact) mass is 170 g/mol. The van der Waals surface area contributed by atoms with E-state index in [0.717, 1.165) is 5.57 Å². The molecule has 2 nitrogen and oxygen atoms in total. The Morgan fingerprint density at radius 2 is 1.83 bits per heavy atom. The van der Waals surface area contributed by atoms with Crippen LogP contribution in [-0.4, -0.2) is 22.4 Å². The zero-order valence-electron chi connectivity index (χ0n) is 7.83. The molecule has 0 bridgehead atoms. The Kier molecular flexibility index (Phi) is 2.91. The Morgan fingerprint density at radius 1 is 1.25 bits per heavy atom. The van der Waals surface area contributed by atoms with E-state index in [4.69, 9.17) is 0 Å². The van der Waals surface area contributed by atoms with Gasteiger partial charge in [0.1, 0.15) is 0 Å². The first kappa shape index (κ1) is 9.75. The van der Waals surface area contributed by atoms with Crippen LogP contribution in [-0.2, 0) is 0 Å². The Labute approximate surface area is 73.9 Å². The fourth-order valence-electron chi connectivity index (χ4n) is 1.88. The van der Waals surface area contributed by atoms with Crippen molar-refractivity contribution in [3.8, 4) is 0 Å². The molecule has 1 aliphatic rings. The Bertz CT molecular complexity index is 177. The van der Waals surface area contributed by atoms with E-state index in [1.165, 1.54) is 0 Å². The third-order valence-electron chi connectivity index (χ3n) is 2.86. The van der Waals surface area contributed by atoms with Gasteiger partial charge in [-0.25, -0.2) is 0 Å². The lowest BCUT2D eigenvalue weighted by Gasteiger charge is -2.35. The highest BCUT2D eigenvalue weighted by atomic mass is 16.3. The fourth-order valence-corrected chi connectivity index (χ4v) is 1.88. The maximum absolute atomic E-state index is 9.66. The van der Waals surface area contributed by atoms with E-state index >= 15 is 0 Å². The van der Waals surface area contributed by atoms with E-state index in [-0.39, 0.29) is 24.0 Å². The van der Waals surface area contributed by atoms with Crippen molar-refractivity contribution in [2.45, 2.75) is 38.9 Å². The molecule has 70 valence electrons. The Balaban J connectivity index is 2.61. The van der Waals surface area contributed by atoms with Crippen molar-refractivity contribution in [2.75, 3.05) is 0 Å². The molecule has 2 heteroatoms. The van der Waals surface area contributed by atoms with Gasteiger partial charge >= 0.3 is 0 Å². The molecule has 1 fully saturated rings. The van der Waals surface area contributed by atoms with Crippen molar-refractivity contribution in [3.05, 3.63) is 12.2 Å². The predicted molar refractivity (Wildman–Crippen MR) is 48.7 cm³/mol. The second-order valence-corrected chi connectivity index (χ2v) is 4.04. The molecule has 4 atom stereocenters.